The van der Waals surface area contributed by atoms with Gasteiger partial charge in [0.25, 0.3) is 0 Å². The van der Waals surface area contributed by atoms with Crippen molar-refractivity contribution < 1.29 is 14.6 Å². The summed E-state index contributed by atoms with van der Waals surface area (Å²) in [4.78, 5) is 21.8. The number of carbonyl (C=O) groups is 1. The number of aryl methyl sites for hydroxylation is 1. The SMILES string of the molecule is CCCCc1nc(N2CCOCC2)ncc1C(=O)O. The second kappa shape index (κ2) is 6.47. The fraction of sp³-hybridized carbons (Fsp3) is 0.615. The van der Waals surface area contributed by atoms with E-state index in [4.69, 9.17) is 9.84 Å². The van der Waals surface area contributed by atoms with Crippen molar-refractivity contribution in [1.82, 2.24) is 9.97 Å². The summed E-state index contributed by atoms with van der Waals surface area (Å²) >= 11 is 0. The van der Waals surface area contributed by atoms with Crippen molar-refractivity contribution >= 4 is 11.9 Å². The number of ether oxygens (including phenoxy) is 1. The van der Waals surface area contributed by atoms with Gasteiger partial charge in [0.15, 0.2) is 0 Å². The number of aromatic nitrogens is 2. The smallest absolute Gasteiger partial charge is 0.339 e. The molecule has 0 aromatic carbocycles. The lowest BCUT2D eigenvalue weighted by molar-refractivity contribution is 0.0694. The molecule has 0 saturated carbocycles. The van der Waals surface area contributed by atoms with Crippen LogP contribution in [-0.2, 0) is 11.2 Å². The third-order valence-corrected chi connectivity index (χ3v) is 3.15. The zero-order valence-corrected chi connectivity index (χ0v) is 11.1. The fourth-order valence-electron chi connectivity index (χ4n) is 2.04. The maximum atomic E-state index is 11.2. The van der Waals surface area contributed by atoms with Crippen LogP contribution in [0, 0.1) is 0 Å². The monoisotopic (exact) mass is 265 g/mol. The van der Waals surface area contributed by atoms with E-state index < -0.39 is 5.97 Å². The first-order valence-corrected chi connectivity index (χ1v) is 6.64. The average molecular weight is 265 g/mol. The molecule has 6 heteroatoms. The summed E-state index contributed by atoms with van der Waals surface area (Å²) < 4.78 is 5.29. The zero-order chi connectivity index (χ0) is 13.7. The van der Waals surface area contributed by atoms with Crippen molar-refractivity contribution in [1.29, 1.82) is 0 Å². The summed E-state index contributed by atoms with van der Waals surface area (Å²) in [5.74, 6) is -0.348. The quantitative estimate of drug-likeness (QED) is 0.866. The van der Waals surface area contributed by atoms with Crippen LogP contribution in [0.1, 0.15) is 35.8 Å². The number of hydrogen-bond acceptors (Lipinski definition) is 5. The summed E-state index contributed by atoms with van der Waals surface area (Å²) in [6, 6.07) is 0. The molecule has 0 unspecified atom stereocenters. The highest BCUT2D eigenvalue weighted by atomic mass is 16.5. The van der Waals surface area contributed by atoms with Crippen molar-refractivity contribution in [2.45, 2.75) is 26.2 Å². The third-order valence-electron chi connectivity index (χ3n) is 3.15. The van der Waals surface area contributed by atoms with Gasteiger partial charge in [-0.2, -0.15) is 0 Å². The second-order valence-electron chi connectivity index (χ2n) is 4.54. The molecule has 0 bridgehead atoms. The maximum absolute atomic E-state index is 11.2. The van der Waals surface area contributed by atoms with E-state index in [0.29, 0.717) is 31.3 Å². The molecule has 19 heavy (non-hydrogen) atoms. The Morgan fingerprint density at radius 3 is 2.84 bits per heavy atom. The van der Waals surface area contributed by atoms with E-state index >= 15 is 0 Å². The van der Waals surface area contributed by atoms with Gasteiger partial charge in [-0.15, -0.1) is 0 Å². The van der Waals surface area contributed by atoms with Gasteiger partial charge in [0.05, 0.1) is 24.5 Å². The Morgan fingerprint density at radius 1 is 1.47 bits per heavy atom. The lowest BCUT2D eigenvalue weighted by Crippen LogP contribution is -2.37. The van der Waals surface area contributed by atoms with Crippen LogP contribution in [-0.4, -0.2) is 47.3 Å². The topological polar surface area (TPSA) is 75.5 Å². The highest BCUT2D eigenvalue weighted by molar-refractivity contribution is 5.88. The van der Waals surface area contributed by atoms with Gasteiger partial charge in [-0.05, 0) is 12.8 Å². The molecule has 6 nitrogen and oxygen atoms in total. The summed E-state index contributed by atoms with van der Waals surface area (Å²) in [5.41, 5.74) is 0.844. The van der Waals surface area contributed by atoms with E-state index in [-0.39, 0.29) is 5.56 Å². The Balaban J connectivity index is 2.23. The van der Waals surface area contributed by atoms with Gasteiger partial charge >= 0.3 is 5.97 Å². The zero-order valence-electron chi connectivity index (χ0n) is 11.1. The van der Waals surface area contributed by atoms with Gasteiger partial charge in [0.1, 0.15) is 0 Å². The number of aromatic carboxylic acids is 1. The Morgan fingerprint density at radius 2 is 2.21 bits per heavy atom. The van der Waals surface area contributed by atoms with Crippen LogP contribution in [0.25, 0.3) is 0 Å². The van der Waals surface area contributed by atoms with E-state index in [0.717, 1.165) is 25.9 Å². The molecule has 1 N–H and O–H groups in total. The number of rotatable bonds is 5. The fourth-order valence-corrected chi connectivity index (χ4v) is 2.04. The lowest BCUT2D eigenvalue weighted by atomic mass is 10.1. The standard InChI is InChI=1S/C13H19N3O3/c1-2-3-4-11-10(12(17)18)9-14-13(15-11)16-5-7-19-8-6-16/h9H,2-8H2,1H3,(H,17,18). The Hall–Kier alpha value is -1.69. The largest absolute Gasteiger partial charge is 0.478 e. The van der Waals surface area contributed by atoms with Crippen molar-refractivity contribution in [3.05, 3.63) is 17.5 Å². The predicted molar refractivity (Wildman–Crippen MR) is 70.6 cm³/mol. The Bertz CT molecular complexity index is 445. The van der Waals surface area contributed by atoms with Gasteiger partial charge in [-0.3, -0.25) is 0 Å². The van der Waals surface area contributed by atoms with Crippen LogP contribution in [0.3, 0.4) is 0 Å². The summed E-state index contributed by atoms with van der Waals surface area (Å²) in [6.45, 7) is 4.90. The number of nitrogens with zero attached hydrogens (tertiary/aromatic N) is 3. The second-order valence-corrected chi connectivity index (χ2v) is 4.54. The minimum absolute atomic E-state index is 0.213. The number of anilines is 1. The molecule has 1 fully saturated rings. The molecule has 0 aliphatic carbocycles. The molecule has 104 valence electrons. The van der Waals surface area contributed by atoms with Crippen LogP contribution in [0.4, 0.5) is 5.95 Å². The normalized spacial score (nSPS) is 15.5. The van der Waals surface area contributed by atoms with E-state index in [2.05, 4.69) is 16.9 Å². The maximum Gasteiger partial charge on any atom is 0.339 e. The summed E-state index contributed by atoms with van der Waals surface area (Å²) in [6.07, 6.45) is 4.04. The van der Waals surface area contributed by atoms with Crippen LogP contribution in [0.2, 0.25) is 0 Å². The van der Waals surface area contributed by atoms with Crippen LogP contribution in [0.5, 0.6) is 0 Å². The van der Waals surface area contributed by atoms with Crippen LogP contribution in [0.15, 0.2) is 6.20 Å². The highest BCUT2D eigenvalue weighted by Crippen LogP contribution is 2.15. The molecule has 1 aliphatic rings. The van der Waals surface area contributed by atoms with Crippen LogP contribution >= 0.6 is 0 Å². The highest BCUT2D eigenvalue weighted by Gasteiger charge is 2.18. The first-order valence-electron chi connectivity index (χ1n) is 6.64. The Labute approximate surface area is 112 Å². The molecule has 1 aromatic rings. The van der Waals surface area contributed by atoms with Crippen LogP contribution < -0.4 is 4.90 Å². The van der Waals surface area contributed by atoms with Gasteiger partial charge in [-0.1, -0.05) is 13.3 Å². The Kier molecular flexibility index (Phi) is 4.68. The molecule has 2 heterocycles. The van der Waals surface area contributed by atoms with Crippen molar-refractivity contribution in [2.24, 2.45) is 0 Å². The molecule has 0 radical (unpaired) electrons. The first-order chi connectivity index (χ1) is 9.22. The van der Waals surface area contributed by atoms with Gasteiger partial charge in [0.2, 0.25) is 5.95 Å². The number of carboxylic acids is 1. The van der Waals surface area contributed by atoms with Crippen molar-refractivity contribution in [3.63, 3.8) is 0 Å². The van der Waals surface area contributed by atoms with E-state index in [1.165, 1.54) is 6.20 Å². The molecule has 1 saturated heterocycles. The molecule has 2 rings (SSSR count). The first kappa shape index (κ1) is 13.7. The lowest BCUT2D eigenvalue weighted by Gasteiger charge is -2.27. The summed E-state index contributed by atoms with van der Waals surface area (Å²) in [7, 11) is 0. The molecule has 1 aliphatic heterocycles. The predicted octanol–water partition coefficient (Wildman–Crippen LogP) is 1.35. The minimum Gasteiger partial charge on any atom is -0.478 e. The third kappa shape index (κ3) is 3.41. The summed E-state index contributed by atoms with van der Waals surface area (Å²) in [5, 5.41) is 9.15. The van der Waals surface area contributed by atoms with Gasteiger partial charge in [-0.25, -0.2) is 14.8 Å². The molecule has 0 spiro atoms. The van der Waals surface area contributed by atoms with E-state index in [9.17, 15) is 4.79 Å². The molecular weight excluding hydrogens is 246 g/mol. The molecular formula is C13H19N3O3. The van der Waals surface area contributed by atoms with Crippen molar-refractivity contribution in [2.75, 3.05) is 31.2 Å². The van der Waals surface area contributed by atoms with E-state index in [1.54, 1.807) is 0 Å². The molecule has 0 amide bonds. The van der Waals surface area contributed by atoms with Gasteiger partial charge in [0, 0.05) is 19.3 Å². The van der Waals surface area contributed by atoms with Gasteiger partial charge < -0.3 is 14.7 Å². The average Bonchev–Trinajstić information content (AvgIpc) is 2.45. The molecule has 1 aromatic heterocycles. The number of carboxylic acid groups (broad SMARTS) is 1. The number of hydrogen-bond donors (Lipinski definition) is 1. The number of unbranched alkanes of at least 4 members (excludes halogenated alkanes) is 1. The van der Waals surface area contributed by atoms with E-state index in [1.807, 2.05) is 4.90 Å². The van der Waals surface area contributed by atoms with Crippen molar-refractivity contribution in [3.8, 4) is 0 Å². The number of morpholine rings is 1. The minimum atomic E-state index is -0.959. The molecule has 0 atom stereocenters.